The maximum Gasteiger partial charge on any atom is 0.173 e. The highest BCUT2D eigenvalue weighted by Crippen LogP contribution is 2.32. The highest BCUT2D eigenvalue weighted by molar-refractivity contribution is 5.58. The van der Waals surface area contributed by atoms with E-state index in [1.807, 2.05) is 28.9 Å². The van der Waals surface area contributed by atoms with Gasteiger partial charge in [0, 0.05) is 26.2 Å². The van der Waals surface area contributed by atoms with Crippen LogP contribution < -0.4 is 14.4 Å². The minimum absolute atomic E-state index is 0.0429. The molecule has 8 nitrogen and oxygen atoms in total. The normalized spacial score (nSPS) is 15.0. The second kappa shape index (κ2) is 10.8. The molecular weight excluding hydrogens is 452 g/mol. The van der Waals surface area contributed by atoms with E-state index in [2.05, 4.69) is 80.8 Å². The minimum Gasteiger partial charge on any atom is -0.497 e. The largest absolute Gasteiger partial charge is 0.497 e. The van der Waals surface area contributed by atoms with E-state index in [0.29, 0.717) is 6.54 Å². The molecule has 0 amide bonds. The first kappa shape index (κ1) is 23.8. The van der Waals surface area contributed by atoms with Crippen LogP contribution in [0.5, 0.6) is 11.5 Å². The average molecular weight is 485 g/mol. The maximum absolute atomic E-state index is 5.61. The Labute approximate surface area is 212 Å². The first-order valence-electron chi connectivity index (χ1n) is 12.2. The molecule has 1 atom stereocenters. The van der Waals surface area contributed by atoms with Crippen LogP contribution in [0.2, 0.25) is 0 Å². The number of hydrogen-bond donors (Lipinski definition) is 0. The van der Waals surface area contributed by atoms with Gasteiger partial charge in [0.25, 0.3) is 0 Å². The molecule has 36 heavy (non-hydrogen) atoms. The van der Waals surface area contributed by atoms with Crippen LogP contribution in [0.3, 0.4) is 0 Å². The molecular formula is C28H32N6O2. The lowest BCUT2D eigenvalue weighted by molar-refractivity contribution is 0.201. The van der Waals surface area contributed by atoms with Gasteiger partial charge in [-0.05, 0) is 52.7 Å². The summed E-state index contributed by atoms with van der Waals surface area (Å²) in [7, 11) is 3.40. The summed E-state index contributed by atoms with van der Waals surface area (Å²) in [6, 6.07) is 24.9. The Kier molecular flexibility index (Phi) is 7.13. The van der Waals surface area contributed by atoms with E-state index in [0.717, 1.165) is 54.8 Å². The molecule has 0 bridgehead atoms. The molecule has 5 rings (SSSR count). The fourth-order valence-corrected chi connectivity index (χ4v) is 4.81. The lowest BCUT2D eigenvalue weighted by atomic mass is 10.0. The maximum atomic E-state index is 5.61. The van der Waals surface area contributed by atoms with Gasteiger partial charge < -0.3 is 14.4 Å². The van der Waals surface area contributed by atoms with Gasteiger partial charge in [-0.1, -0.05) is 54.1 Å². The molecule has 186 valence electrons. The Morgan fingerprint density at radius 2 is 1.56 bits per heavy atom. The summed E-state index contributed by atoms with van der Waals surface area (Å²) >= 11 is 0. The zero-order valence-corrected chi connectivity index (χ0v) is 21.0. The summed E-state index contributed by atoms with van der Waals surface area (Å²) in [5, 5.41) is 13.0. The zero-order chi connectivity index (χ0) is 24.9. The number of anilines is 1. The van der Waals surface area contributed by atoms with Gasteiger partial charge in [0.1, 0.15) is 11.5 Å². The number of ether oxygens (including phenoxy) is 2. The van der Waals surface area contributed by atoms with Crippen LogP contribution in [0.4, 0.5) is 5.69 Å². The monoisotopic (exact) mass is 484 g/mol. The fraction of sp³-hybridized carbons (Fsp3) is 0.321. The lowest BCUT2D eigenvalue weighted by Gasteiger charge is -2.40. The van der Waals surface area contributed by atoms with Crippen molar-refractivity contribution >= 4 is 5.69 Å². The molecule has 4 aromatic rings. The summed E-state index contributed by atoms with van der Waals surface area (Å²) in [4.78, 5) is 4.87. The van der Waals surface area contributed by atoms with E-state index in [1.165, 1.54) is 11.1 Å². The van der Waals surface area contributed by atoms with Gasteiger partial charge in [-0.2, -0.15) is 0 Å². The molecule has 8 heteroatoms. The van der Waals surface area contributed by atoms with E-state index in [9.17, 15) is 0 Å². The van der Waals surface area contributed by atoms with E-state index in [-0.39, 0.29) is 6.04 Å². The Morgan fingerprint density at radius 3 is 2.25 bits per heavy atom. The molecule has 1 aliphatic heterocycles. The molecule has 0 aliphatic carbocycles. The van der Waals surface area contributed by atoms with Gasteiger partial charge in [0.2, 0.25) is 0 Å². The van der Waals surface area contributed by atoms with E-state index >= 15 is 0 Å². The molecule has 1 saturated heterocycles. The topological polar surface area (TPSA) is 68.5 Å². The minimum atomic E-state index is -0.0429. The number of methoxy groups -OCH3 is 2. The van der Waals surface area contributed by atoms with E-state index < -0.39 is 0 Å². The van der Waals surface area contributed by atoms with Crippen molar-refractivity contribution in [3.05, 3.63) is 95.3 Å². The van der Waals surface area contributed by atoms with E-state index in [1.54, 1.807) is 14.2 Å². The van der Waals surface area contributed by atoms with Gasteiger partial charge in [-0.25, -0.2) is 4.68 Å². The summed E-state index contributed by atoms with van der Waals surface area (Å²) < 4.78 is 12.8. The van der Waals surface area contributed by atoms with Gasteiger partial charge in [-0.15, -0.1) is 5.10 Å². The third-order valence-corrected chi connectivity index (χ3v) is 6.79. The Hall–Kier alpha value is -3.91. The molecule has 2 heterocycles. The number of benzene rings is 3. The number of nitrogens with zero attached hydrogens (tertiary/aromatic N) is 6. The Balaban J connectivity index is 1.41. The van der Waals surface area contributed by atoms with Gasteiger partial charge >= 0.3 is 0 Å². The van der Waals surface area contributed by atoms with E-state index in [4.69, 9.17) is 9.47 Å². The predicted molar refractivity (Wildman–Crippen MR) is 140 cm³/mol. The molecule has 1 fully saturated rings. The van der Waals surface area contributed by atoms with Crippen LogP contribution >= 0.6 is 0 Å². The molecule has 0 unspecified atom stereocenters. The van der Waals surface area contributed by atoms with Gasteiger partial charge in [0.05, 0.1) is 32.5 Å². The standard InChI is InChI=1S/C28H32N6O2/c1-21-8-12-23(13-9-21)27(28-29-30-31-34(28)20-22-10-14-24(35-2)15-11-22)33-18-16-32(17-19-33)25-6-4-5-7-26(25)36-3/h4-15,27H,16-20H2,1-3H3/t27-/m0/s1. The zero-order valence-electron chi connectivity index (χ0n) is 21.0. The summed E-state index contributed by atoms with van der Waals surface area (Å²) in [6.07, 6.45) is 0. The van der Waals surface area contributed by atoms with Crippen LogP contribution in [0.1, 0.15) is 28.6 Å². The number of tetrazole rings is 1. The van der Waals surface area contributed by atoms with Gasteiger partial charge in [-0.3, -0.25) is 4.90 Å². The highest BCUT2D eigenvalue weighted by atomic mass is 16.5. The first-order chi connectivity index (χ1) is 17.7. The Bertz CT molecular complexity index is 1260. The van der Waals surface area contributed by atoms with Crippen LogP contribution in [0.15, 0.2) is 72.8 Å². The second-order valence-corrected chi connectivity index (χ2v) is 9.05. The van der Waals surface area contributed by atoms with Crippen molar-refractivity contribution in [3.63, 3.8) is 0 Å². The SMILES string of the molecule is COc1ccc(Cn2nnnc2[C@H](c2ccc(C)cc2)N2CCN(c3ccccc3OC)CC2)cc1. The predicted octanol–water partition coefficient (Wildman–Crippen LogP) is 3.96. The van der Waals surface area contributed by atoms with Crippen LogP contribution in [0.25, 0.3) is 0 Å². The molecule has 0 radical (unpaired) electrons. The smallest absolute Gasteiger partial charge is 0.173 e. The van der Waals surface area contributed by atoms with Crippen molar-refractivity contribution in [1.29, 1.82) is 0 Å². The molecule has 0 N–H and O–H groups in total. The van der Waals surface area contributed by atoms with Crippen LogP contribution in [-0.4, -0.2) is 65.5 Å². The Morgan fingerprint density at radius 1 is 0.833 bits per heavy atom. The fourth-order valence-electron chi connectivity index (χ4n) is 4.81. The van der Waals surface area contributed by atoms with Crippen molar-refractivity contribution in [2.24, 2.45) is 0 Å². The van der Waals surface area contributed by atoms with Crippen LogP contribution in [-0.2, 0) is 6.54 Å². The molecule has 0 saturated carbocycles. The third kappa shape index (κ3) is 5.04. The number of hydrogen-bond acceptors (Lipinski definition) is 7. The molecule has 3 aromatic carbocycles. The molecule has 1 aliphatic rings. The number of aromatic nitrogens is 4. The van der Waals surface area contributed by atoms with Crippen LogP contribution in [0, 0.1) is 6.92 Å². The summed E-state index contributed by atoms with van der Waals surface area (Å²) in [5.74, 6) is 2.59. The number of para-hydroxylation sites is 2. The summed E-state index contributed by atoms with van der Waals surface area (Å²) in [5.41, 5.74) is 4.68. The second-order valence-electron chi connectivity index (χ2n) is 9.05. The third-order valence-electron chi connectivity index (χ3n) is 6.79. The van der Waals surface area contributed by atoms with Crippen molar-refractivity contribution in [1.82, 2.24) is 25.1 Å². The number of rotatable bonds is 8. The van der Waals surface area contributed by atoms with Crippen molar-refractivity contribution in [3.8, 4) is 11.5 Å². The average Bonchev–Trinajstić information content (AvgIpc) is 3.38. The number of aryl methyl sites for hydroxylation is 1. The number of piperazine rings is 1. The lowest BCUT2D eigenvalue weighted by Crippen LogP contribution is -2.48. The first-order valence-corrected chi connectivity index (χ1v) is 12.2. The van der Waals surface area contributed by atoms with Gasteiger partial charge in [0.15, 0.2) is 5.82 Å². The van der Waals surface area contributed by atoms with Crippen molar-refractivity contribution in [2.45, 2.75) is 19.5 Å². The summed E-state index contributed by atoms with van der Waals surface area (Å²) in [6.45, 7) is 6.25. The molecule has 0 spiro atoms. The highest BCUT2D eigenvalue weighted by Gasteiger charge is 2.31. The molecule has 1 aromatic heterocycles. The quantitative estimate of drug-likeness (QED) is 0.375. The van der Waals surface area contributed by atoms with Crippen molar-refractivity contribution < 1.29 is 9.47 Å². The van der Waals surface area contributed by atoms with Crippen molar-refractivity contribution in [2.75, 3.05) is 45.3 Å².